The highest BCUT2D eigenvalue weighted by atomic mass is 16.5. The average Bonchev–Trinajstić information content (AvgIpc) is 2.79. The summed E-state index contributed by atoms with van der Waals surface area (Å²) in [6.07, 6.45) is 5.43. The van der Waals surface area contributed by atoms with Crippen LogP contribution in [0, 0.1) is 11.3 Å². The molecule has 0 aromatic carbocycles. The summed E-state index contributed by atoms with van der Waals surface area (Å²) in [5, 5.41) is 8.82. The van der Waals surface area contributed by atoms with Gasteiger partial charge in [-0.2, -0.15) is 5.26 Å². The first-order valence-corrected chi connectivity index (χ1v) is 4.98. The summed E-state index contributed by atoms with van der Waals surface area (Å²) < 4.78 is 10.9. The minimum atomic E-state index is 0.164. The number of ether oxygens (including phenoxy) is 2. The number of nitriles is 1. The van der Waals surface area contributed by atoms with Gasteiger partial charge in [-0.1, -0.05) is 0 Å². The van der Waals surface area contributed by atoms with E-state index in [2.05, 4.69) is 11.1 Å². The molecule has 1 aromatic heterocycles. The van der Waals surface area contributed by atoms with Gasteiger partial charge in [0.15, 0.2) is 5.75 Å². The van der Waals surface area contributed by atoms with Gasteiger partial charge in [-0.05, 0) is 18.9 Å². The molecular weight excluding hydrogens is 192 g/mol. The molecule has 0 aliphatic carbocycles. The zero-order valence-electron chi connectivity index (χ0n) is 8.35. The molecule has 0 N–H and O–H groups in total. The second kappa shape index (κ2) is 4.76. The third-order valence-corrected chi connectivity index (χ3v) is 2.35. The Balaban J connectivity index is 1.95. The minimum absolute atomic E-state index is 0.164. The number of hydrogen-bond acceptors (Lipinski definition) is 4. The van der Waals surface area contributed by atoms with E-state index in [4.69, 9.17) is 14.7 Å². The van der Waals surface area contributed by atoms with Crippen molar-refractivity contribution < 1.29 is 9.47 Å². The van der Waals surface area contributed by atoms with E-state index >= 15 is 0 Å². The van der Waals surface area contributed by atoms with Gasteiger partial charge in [-0.3, -0.25) is 4.98 Å². The van der Waals surface area contributed by atoms with Crippen LogP contribution in [-0.4, -0.2) is 24.3 Å². The summed E-state index contributed by atoms with van der Waals surface area (Å²) in [5.74, 6) is 0.538. The minimum Gasteiger partial charge on any atom is -0.488 e. The van der Waals surface area contributed by atoms with Gasteiger partial charge in [0.05, 0.1) is 17.9 Å². The Labute approximate surface area is 88.5 Å². The molecule has 1 aromatic rings. The van der Waals surface area contributed by atoms with Gasteiger partial charge in [-0.25, -0.2) is 0 Å². The number of aromatic nitrogens is 1. The predicted molar refractivity (Wildman–Crippen MR) is 53.4 cm³/mol. The summed E-state index contributed by atoms with van der Waals surface area (Å²) in [5.41, 5.74) is 0.517. The van der Waals surface area contributed by atoms with Crippen molar-refractivity contribution in [2.75, 3.05) is 13.2 Å². The summed E-state index contributed by atoms with van der Waals surface area (Å²) in [7, 11) is 0. The first-order chi connectivity index (χ1) is 7.40. The lowest BCUT2D eigenvalue weighted by Crippen LogP contribution is -2.16. The molecule has 0 spiro atoms. The van der Waals surface area contributed by atoms with E-state index in [1.54, 1.807) is 18.5 Å². The Morgan fingerprint density at radius 1 is 1.67 bits per heavy atom. The van der Waals surface area contributed by atoms with E-state index in [1.807, 2.05) is 0 Å². The molecule has 1 atom stereocenters. The summed E-state index contributed by atoms with van der Waals surface area (Å²) in [4.78, 5) is 3.92. The topological polar surface area (TPSA) is 55.1 Å². The third kappa shape index (κ3) is 2.45. The van der Waals surface area contributed by atoms with Crippen molar-refractivity contribution in [2.45, 2.75) is 18.9 Å². The van der Waals surface area contributed by atoms with Crippen molar-refractivity contribution in [1.29, 1.82) is 5.26 Å². The Morgan fingerprint density at radius 3 is 3.33 bits per heavy atom. The Hall–Kier alpha value is -1.60. The molecule has 2 heterocycles. The number of nitrogens with zero attached hydrogens (tertiary/aromatic N) is 2. The van der Waals surface area contributed by atoms with Crippen molar-refractivity contribution in [3.05, 3.63) is 24.0 Å². The van der Waals surface area contributed by atoms with Crippen molar-refractivity contribution in [3.63, 3.8) is 0 Å². The third-order valence-electron chi connectivity index (χ3n) is 2.35. The van der Waals surface area contributed by atoms with Gasteiger partial charge in [-0.15, -0.1) is 0 Å². The molecule has 2 rings (SSSR count). The second-order valence-corrected chi connectivity index (χ2v) is 3.43. The molecule has 4 nitrogen and oxygen atoms in total. The monoisotopic (exact) mass is 204 g/mol. The maximum absolute atomic E-state index is 8.82. The largest absolute Gasteiger partial charge is 0.488 e. The average molecular weight is 204 g/mol. The Morgan fingerprint density at radius 2 is 2.60 bits per heavy atom. The number of hydrogen-bond donors (Lipinski definition) is 0. The maximum Gasteiger partial charge on any atom is 0.155 e. The molecule has 0 saturated carbocycles. The summed E-state index contributed by atoms with van der Waals surface area (Å²) in [6.45, 7) is 1.31. The van der Waals surface area contributed by atoms with Crippen LogP contribution in [0.15, 0.2) is 18.5 Å². The zero-order valence-corrected chi connectivity index (χ0v) is 8.35. The lowest BCUT2D eigenvalue weighted by molar-refractivity contribution is 0.0677. The quantitative estimate of drug-likeness (QED) is 0.748. The zero-order chi connectivity index (χ0) is 10.5. The van der Waals surface area contributed by atoms with Gasteiger partial charge in [0, 0.05) is 12.8 Å². The lowest BCUT2D eigenvalue weighted by Gasteiger charge is -2.11. The van der Waals surface area contributed by atoms with Gasteiger partial charge < -0.3 is 9.47 Å². The SMILES string of the molecule is N#Cc1ccncc1OC[C@H]1CCCO1. The van der Waals surface area contributed by atoms with Crippen molar-refractivity contribution in [2.24, 2.45) is 0 Å². The second-order valence-electron chi connectivity index (χ2n) is 3.43. The summed E-state index contributed by atoms with van der Waals surface area (Å²) >= 11 is 0. The molecule has 0 radical (unpaired) electrons. The Bertz CT molecular complexity index is 367. The van der Waals surface area contributed by atoms with Crippen LogP contribution in [0.3, 0.4) is 0 Å². The molecule has 15 heavy (non-hydrogen) atoms. The van der Waals surface area contributed by atoms with E-state index in [9.17, 15) is 0 Å². The number of rotatable bonds is 3. The first kappa shape index (κ1) is 9.94. The van der Waals surface area contributed by atoms with Crippen LogP contribution in [0.25, 0.3) is 0 Å². The van der Waals surface area contributed by atoms with Gasteiger partial charge in [0.25, 0.3) is 0 Å². The highest BCUT2D eigenvalue weighted by Gasteiger charge is 2.16. The number of pyridine rings is 1. The van der Waals surface area contributed by atoms with Gasteiger partial charge in [0.2, 0.25) is 0 Å². The van der Waals surface area contributed by atoms with Crippen LogP contribution in [-0.2, 0) is 4.74 Å². The van der Waals surface area contributed by atoms with Gasteiger partial charge >= 0.3 is 0 Å². The van der Waals surface area contributed by atoms with Crippen LogP contribution in [0.1, 0.15) is 18.4 Å². The molecular formula is C11H12N2O2. The van der Waals surface area contributed by atoms with Crippen molar-refractivity contribution >= 4 is 0 Å². The highest BCUT2D eigenvalue weighted by Crippen LogP contribution is 2.18. The fourth-order valence-electron chi connectivity index (χ4n) is 1.55. The molecule has 0 bridgehead atoms. The van der Waals surface area contributed by atoms with Crippen molar-refractivity contribution in [1.82, 2.24) is 4.98 Å². The molecule has 78 valence electrons. The van der Waals surface area contributed by atoms with Crippen LogP contribution in [0.2, 0.25) is 0 Å². The molecule has 1 fully saturated rings. The van der Waals surface area contributed by atoms with E-state index in [0.717, 1.165) is 19.4 Å². The normalized spacial score (nSPS) is 19.8. The van der Waals surface area contributed by atoms with Crippen molar-refractivity contribution in [3.8, 4) is 11.8 Å². The van der Waals surface area contributed by atoms with Crippen LogP contribution in [0.5, 0.6) is 5.75 Å². The van der Waals surface area contributed by atoms with E-state index in [0.29, 0.717) is 17.9 Å². The van der Waals surface area contributed by atoms with Crippen LogP contribution < -0.4 is 4.74 Å². The van der Waals surface area contributed by atoms with E-state index in [1.165, 1.54) is 0 Å². The fourth-order valence-corrected chi connectivity index (χ4v) is 1.55. The highest BCUT2D eigenvalue weighted by molar-refractivity contribution is 5.40. The van der Waals surface area contributed by atoms with Crippen LogP contribution in [0.4, 0.5) is 0 Å². The smallest absolute Gasteiger partial charge is 0.155 e. The summed E-state index contributed by atoms with van der Waals surface area (Å²) in [6, 6.07) is 3.71. The van der Waals surface area contributed by atoms with Crippen LogP contribution >= 0.6 is 0 Å². The molecule has 4 heteroatoms. The maximum atomic E-state index is 8.82. The molecule has 1 aliphatic heterocycles. The molecule has 0 unspecified atom stereocenters. The molecule has 0 amide bonds. The predicted octanol–water partition coefficient (Wildman–Crippen LogP) is 1.51. The van der Waals surface area contributed by atoms with E-state index < -0.39 is 0 Å². The standard InChI is InChI=1S/C11H12N2O2/c12-6-9-3-4-13-7-11(9)15-8-10-2-1-5-14-10/h3-4,7,10H,1-2,5,8H2/t10-/m1/s1. The first-order valence-electron chi connectivity index (χ1n) is 4.98. The fraction of sp³-hybridized carbons (Fsp3) is 0.455. The Kier molecular flexibility index (Phi) is 3.15. The lowest BCUT2D eigenvalue weighted by atomic mass is 10.2. The van der Waals surface area contributed by atoms with Gasteiger partial charge in [0.1, 0.15) is 12.7 Å². The van der Waals surface area contributed by atoms with E-state index in [-0.39, 0.29) is 6.10 Å². The molecule has 1 aliphatic rings. The molecule has 1 saturated heterocycles.